The van der Waals surface area contributed by atoms with Crippen molar-refractivity contribution in [1.29, 1.82) is 0 Å². The van der Waals surface area contributed by atoms with Crippen LogP contribution in [0.15, 0.2) is 40.2 Å². The molecule has 0 aliphatic rings. The fraction of sp³-hybridized carbons (Fsp3) is 0.286. The summed E-state index contributed by atoms with van der Waals surface area (Å²) in [6, 6.07) is 5.70. The number of unbranched alkanes of at least 4 members (excludes halogenated alkanes) is 1. The lowest BCUT2D eigenvalue weighted by Crippen LogP contribution is -2.25. The summed E-state index contributed by atoms with van der Waals surface area (Å²) in [5, 5.41) is 3.79. The summed E-state index contributed by atoms with van der Waals surface area (Å²) in [4.78, 5) is 12.1. The highest BCUT2D eigenvalue weighted by atomic mass is 35.5. The molecule has 0 aliphatic heterocycles. The van der Waals surface area contributed by atoms with Gasteiger partial charge in [0.05, 0.1) is 21.8 Å². The van der Waals surface area contributed by atoms with E-state index in [1.54, 1.807) is 0 Å². The predicted octanol–water partition coefficient (Wildman–Crippen LogP) is 1.98. The Kier molecular flexibility index (Phi) is 8.33. The summed E-state index contributed by atoms with van der Waals surface area (Å²) in [5.74, 6) is 0. The van der Waals surface area contributed by atoms with Gasteiger partial charge < -0.3 is 5.73 Å². The number of aromatic nitrogens is 2. The minimum atomic E-state index is -3.61. The fourth-order valence-corrected chi connectivity index (χ4v) is 3.25. The van der Waals surface area contributed by atoms with Crippen molar-refractivity contribution in [2.24, 2.45) is 5.73 Å². The second-order valence-electron chi connectivity index (χ2n) is 4.91. The predicted molar refractivity (Wildman–Crippen MR) is 101 cm³/mol. The van der Waals surface area contributed by atoms with E-state index >= 15 is 0 Å². The Labute approximate surface area is 161 Å². The summed E-state index contributed by atoms with van der Waals surface area (Å²) in [6.45, 7) is 0.830. The van der Waals surface area contributed by atoms with Crippen molar-refractivity contribution in [2.45, 2.75) is 17.7 Å². The Morgan fingerprint density at radius 1 is 1.16 bits per heavy atom. The van der Waals surface area contributed by atoms with Crippen LogP contribution in [0.2, 0.25) is 10.0 Å². The van der Waals surface area contributed by atoms with Gasteiger partial charge in [0.2, 0.25) is 10.0 Å². The third-order valence-electron chi connectivity index (χ3n) is 3.19. The number of rotatable bonds is 7. The summed E-state index contributed by atoms with van der Waals surface area (Å²) in [6.07, 6.45) is 2.65. The van der Waals surface area contributed by atoms with Crippen molar-refractivity contribution in [3.05, 3.63) is 50.9 Å². The van der Waals surface area contributed by atoms with Crippen LogP contribution in [0.5, 0.6) is 0 Å². The first-order chi connectivity index (χ1) is 11.4. The molecule has 0 amide bonds. The lowest BCUT2D eigenvalue weighted by molar-refractivity contribution is 0.577. The third kappa shape index (κ3) is 5.40. The molecule has 0 bridgehead atoms. The molecule has 1 aromatic heterocycles. The van der Waals surface area contributed by atoms with Crippen LogP contribution in [-0.4, -0.2) is 31.3 Å². The normalized spacial score (nSPS) is 11.2. The van der Waals surface area contributed by atoms with E-state index in [4.69, 9.17) is 28.9 Å². The van der Waals surface area contributed by atoms with Crippen molar-refractivity contribution < 1.29 is 8.42 Å². The molecule has 138 valence electrons. The van der Waals surface area contributed by atoms with Crippen LogP contribution < -0.4 is 16.0 Å². The van der Waals surface area contributed by atoms with Crippen molar-refractivity contribution in [1.82, 2.24) is 14.5 Å². The second-order valence-corrected chi connectivity index (χ2v) is 7.46. The van der Waals surface area contributed by atoms with Crippen LogP contribution in [0.4, 0.5) is 0 Å². The highest BCUT2D eigenvalue weighted by molar-refractivity contribution is 7.89. The van der Waals surface area contributed by atoms with Gasteiger partial charge in [-0.05, 0) is 43.7 Å². The molecule has 0 atom stereocenters. The van der Waals surface area contributed by atoms with Crippen molar-refractivity contribution in [3.8, 4) is 5.69 Å². The molecule has 0 spiro atoms. The van der Waals surface area contributed by atoms with Gasteiger partial charge in [-0.1, -0.05) is 23.2 Å². The number of nitrogens with zero attached hydrogens (tertiary/aromatic N) is 2. The maximum atomic E-state index is 12.1. The number of nitrogens with two attached hydrogens (primary N) is 1. The highest BCUT2D eigenvalue weighted by Crippen LogP contribution is 2.17. The summed E-state index contributed by atoms with van der Waals surface area (Å²) >= 11 is 11.5. The summed E-state index contributed by atoms with van der Waals surface area (Å²) in [7, 11) is -3.61. The molecule has 11 heteroatoms. The van der Waals surface area contributed by atoms with Gasteiger partial charge in [-0.15, -0.1) is 12.4 Å². The minimum absolute atomic E-state index is 0. The molecule has 0 fully saturated rings. The van der Waals surface area contributed by atoms with E-state index in [9.17, 15) is 13.2 Å². The van der Waals surface area contributed by atoms with E-state index in [1.165, 1.54) is 30.5 Å². The van der Waals surface area contributed by atoms with Gasteiger partial charge in [0, 0.05) is 6.54 Å². The van der Waals surface area contributed by atoms with Crippen molar-refractivity contribution >= 4 is 45.6 Å². The van der Waals surface area contributed by atoms with Gasteiger partial charge in [-0.3, -0.25) is 4.79 Å². The SMILES string of the molecule is Cl.NCCCCNS(=O)(=O)c1ccc(-n2ncc(Cl)c(Cl)c2=O)cc1. The molecule has 0 saturated heterocycles. The average Bonchev–Trinajstić information content (AvgIpc) is 2.57. The molecule has 3 N–H and O–H groups in total. The largest absolute Gasteiger partial charge is 0.330 e. The molecular formula is C14H17Cl3N4O3S. The van der Waals surface area contributed by atoms with E-state index in [0.717, 1.165) is 11.1 Å². The molecule has 2 aromatic rings. The van der Waals surface area contributed by atoms with E-state index in [-0.39, 0.29) is 27.3 Å². The number of hydrogen-bond donors (Lipinski definition) is 2. The van der Waals surface area contributed by atoms with Crippen LogP contribution in [0.1, 0.15) is 12.8 Å². The Balaban J connectivity index is 0.00000312. The van der Waals surface area contributed by atoms with Crippen LogP contribution in [0.25, 0.3) is 5.69 Å². The Hall–Kier alpha value is -1.16. The second kappa shape index (κ2) is 9.51. The Morgan fingerprint density at radius 3 is 2.40 bits per heavy atom. The Morgan fingerprint density at radius 2 is 1.80 bits per heavy atom. The summed E-state index contributed by atoms with van der Waals surface area (Å²) < 4.78 is 27.8. The number of hydrogen-bond acceptors (Lipinski definition) is 5. The summed E-state index contributed by atoms with van der Waals surface area (Å²) in [5.41, 5.74) is 5.16. The number of sulfonamides is 1. The quantitative estimate of drug-likeness (QED) is 0.657. The lowest BCUT2D eigenvalue weighted by atomic mass is 10.3. The molecule has 7 nitrogen and oxygen atoms in total. The van der Waals surface area contributed by atoms with Gasteiger partial charge in [0.1, 0.15) is 5.02 Å². The number of benzene rings is 1. The zero-order valence-corrected chi connectivity index (χ0v) is 16.1. The van der Waals surface area contributed by atoms with Gasteiger partial charge in [0.25, 0.3) is 5.56 Å². The van der Waals surface area contributed by atoms with E-state index in [1.807, 2.05) is 0 Å². The van der Waals surface area contributed by atoms with Crippen molar-refractivity contribution in [3.63, 3.8) is 0 Å². The van der Waals surface area contributed by atoms with Gasteiger partial charge >= 0.3 is 0 Å². The molecule has 2 rings (SSSR count). The molecule has 0 saturated carbocycles. The fourth-order valence-electron chi connectivity index (χ4n) is 1.92. The third-order valence-corrected chi connectivity index (χ3v) is 5.42. The maximum absolute atomic E-state index is 12.1. The van der Waals surface area contributed by atoms with Gasteiger partial charge in [-0.2, -0.15) is 9.78 Å². The standard InChI is InChI=1S/C14H16Cl2N4O3S.ClH/c15-12-9-18-20(14(21)13(12)16)10-3-5-11(6-4-10)24(22,23)19-8-2-1-7-17;/h3-6,9,19H,1-2,7-8,17H2;1H. The molecule has 1 aromatic carbocycles. The molecule has 1 heterocycles. The Bertz CT molecular complexity index is 870. The first-order valence-electron chi connectivity index (χ1n) is 7.10. The van der Waals surface area contributed by atoms with E-state index < -0.39 is 15.6 Å². The monoisotopic (exact) mass is 426 g/mol. The number of halogens is 3. The molecule has 0 unspecified atom stereocenters. The zero-order chi connectivity index (χ0) is 17.7. The van der Waals surface area contributed by atoms with Crippen LogP contribution in [0, 0.1) is 0 Å². The van der Waals surface area contributed by atoms with E-state index in [2.05, 4.69) is 9.82 Å². The smallest absolute Gasteiger partial charge is 0.291 e. The molecular weight excluding hydrogens is 411 g/mol. The topological polar surface area (TPSA) is 107 Å². The van der Waals surface area contributed by atoms with Crippen molar-refractivity contribution in [2.75, 3.05) is 13.1 Å². The van der Waals surface area contributed by atoms with Crippen LogP contribution in [0.3, 0.4) is 0 Å². The molecule has 0 radical (unpaired) electrons. The zero-order valence-electron chi connectivity index (χ0n) is 13.0. The minimum Gasteiger partial charge on any atom is -0.330 e. The average molecular weight is 428 g/mol. The van der Waals surface area contributed by atoms with Gasteiger partial charge in [0.15, 0.2) is 0 Å². The lowest BCUT2D eigenvalue weighted by Gasteiger charge is -2.08. The highest BCUT2D eigenvalue weighted by Gasteiger charge is 2.14. The van der Waals surface area contributed by atoms with E-state index in [0.29, 0.717) is 25.2 Å². The first-order valence-corrected chi connectivity index (χ1v) is 9.34. The van der Waals surface area contributed by atoms with Gasteiger partial charge in [-0.25, -0.2) is 13.1 Å². The number of nitrogens with one attached hydrogen (secondary N) is 1. The van der Waals surface area contributed by atoms with Crippen LogP contribution >= 0.6 is 35.6 Å². The van der Waals surface area contributed by atoms with Crippen LogP contribution in [-0.2, 0) is 10.0 Å². The molecule has 25 heavy (non-hydrogen) atoms. The first kappa shape index (κ1) is 21.9. The molecule has 0 aliphatic carbocycles. The maximum Gasteiger partial charge on any atom is 0.291 e.